The molecule has 0 unspecified atom stereocenters. The van der Waals surface area contributed by atoms with Crippen molar-refractivity contribution in [3.8, 4) is 6.07 Å². The average molecular weight is 211 g/mol. The van der Waals surface area contributed by atoms with Gasteiger partial charge in [0.25, 0.3) is 0 Å². The maximum Gasteiger partial charge on any atom is 0.183 e. The first-order chi connectivity index (χ1) is 7.75. The van der Waals surface area contributed by atoms with Crippen LogP contribution in [0.3, 0.4) is 0 Å². The van der Waals surface area contributed by atoms with E-state index in [9.17, 15) is 4.79 Å². The second-order valence-electron chi connectivity index (χ2n) is 4.86. The van der Waals surface area contributed by atoms with Crippen LogP contribution in [-0.4, -0.2) is 5.78 Å². The molecule has 1 aromatic carbocycles. The molecule has 0 spiro atoms. The summed E-state index contributed by atoms with van der Waals surface area (Å²) in [5.74, 6) is 0.0321. The Bertz CT molecular complexity index is 506. The summed E-state index contributed by atoms with van der Waals surface area (Å²) >= 11 is 0. The highest BCUT2D eigenvalue weighted by molar-refractivity contribution is 6.04. The Hall–Kier alpha value is -1.62. The number of carbonyl (C=O) groups is 1. The summed E-state index contributed by atoms with van der Waals surface area (Å²) in [5.41, 5.74) is 2.74. The fraction of sp³-hybridized carbons (Fsp3) is 0.429. The maximum atomic E-state index is 12.1. The van der Waals surface area contributed by atoms with Gasteiger partial charge in [0.15, 0.2) is 5.78 Å². The van der Waals surface area contributed by atoms with Crippen LogP contribution in [0, 0.1) is 16.7 Å². The van der Waals surface area contributed by atoms with Crippen molar-refractivity contribution in [1.29, 1.82) is 5.26 Å². The first-order valence-corrected chi connectivity index (χ1v) is 5.83. The number of nitrogens with zero attached hydrogens (tertiary/aromatic N) is 1. The summed E-state index contributed by atoms with van der Waals surface area (Å²) in [4.78, 5) is 12.1. The summed E-state index contributed by atoms with van der Waals surface area (Å²) in [6, 6.07) is 8.12. The van der Waals surface area contributed by atoms with Gasteiger partial charge in [-0.15, -0.1) is 0 Å². The minimum absolute atomic E-state index is 0.0321. The molecule has 2 aliphatic carbocycles. The normalized spacial score (nSPS) is 19.9. The lowest BCUT2D eigenvalue weighted by Crippen LogP contribution is -2.14. The number of nitriles is 1. The Kier molecular flexibility index (Phi) is 1.91. The van der Waals surface area contributed by atoms with Gasteiger partial charge in [-0.1, -0.05) is 12.1 Å². The lowest BCUT2D eigenvalue weighted by molar-refractivity contribution is 0.0934. The molecule has 2 nitrogen and oxygen atoms in total. The third-order valence-electron chi connectivity index (χ3n) is 3.76. The summed E-state index contributed by atoms with van der Waals surface area (Å²) in [5, 5.41) is 9.01. The monoisotopic (exact) mass is 211 g/mol. The summed E-state index contributed by atoms with van der Waals surface area (Å²) < 4.78 is 0. The van der Waals surface area contributed by atoms with Gasteiger partial charge in [-0.05, 0) is 49.3 Å². The third kappa shape index (κ3) is 1.28. The van der Waals surface area contributed by atoms with Gasteiger partial charge in [0.05, 0.1) is 6.07 Å². The van der Waals surface area contributed by atoms with Gasteiger partial charge < -0.3 is 0 Å². The maximum absolute atomic E-state index is 12.1. The van der Waals surface area contributed by atoms with Gasteiger partial charge in [0.2, 0.25) is 0 Å². The minimum Gasteiger partial charge on any atom is -0.292 e. The third-order valence-corrected chi connectivity index (χ3v) is 3.76. The fourth-order valence-corrected chi connectivity index (χ4v) is 2.50. The lowest BCUT2D eigenvalue weighted by atomic mass is 9.94. The van der Waals surface area contributed by atoms with Crippen molar-refractivity contribution in [3.05, 3.63) is 34.9 Å². The first-order valence-electron chi connectivity index (χ1n) is 5.83. The molecule has 0 bridgehead atoms. The number of ketones is 1. The summed E-state index contributed by atoms with van der Waals surface area (Å²) in [6.45, 7) is 0. The van der Waals surface area contributed by atoms with Crippen molar-refractivity contribution >= 4 is 5.78 Å². The molecule has 1 fully saturated rings. The molecule has 2 heteroatoms. The Morgan fingerprint density at radius 3 is 2.69 bits per heavy atom. The van der Waals surface area contributed by atoms with E-state index in [1.807, 2.05) is 12.1 Å². The van der Waals surface area contributed by atoms with Crippen molar-refractivity contribution in [2.75, 3.05) is 0 Å². The van der Waals surface area contributed by atoms with E-state index in [1.54, 1.807) is 0 Å². The highest BCUT2D eigenvalue weighted by atomic mass is 16.1. The highest BCUT2D eigenvalue weighted by Crippen LogP contribution is 2.47. The van der Waals surface area contributed by atoms with Crippen molar-refractivity contribution in [2.24, 2.45) is 5.41 Å². The number of hydrogen-bond acceptors (Lipinski definition) is 2. The van der Waals surface area contributed by atoms with Crippen LogP contribution in [-0.2, 0) is 12.8 Å². The van der Waals surface area contributed by atoms with E-state index in [1.165, 1.54) is 17.5 Å². The summed E-state index contributed by atoms with van der Waals surface area (Å²) in [7, 11) is 0. The van der Waals surface area contributed by atoms with Crippen LogP contribution in [0.5, 0.6) is 0 Å². The lowest BCUT2D eigenvalue weighted by Gasteiger charge is -2.07. The molecule has 1 aromatic rings. The molecular formula is C14H13NO. The molecule has 0 radical (unpaired) electrons. The Balaban J connectivity index is 1.96. The molecule has 0 aromatic heterocycles. The Morgan fingerprint density at radius 2 is 2.00 bits per heavy atom. The fourth-order valence-electron chi connectivity index (χ4n) is 2.50. The zero-order valence-electron chi connectivity index (χ0n) is 9.12. The Labute approximate surface area is 94.9 Å². The Morgan fingerprint density at radius 1 is 1.25 bits per heavy atom. The SMILES string of the molecule is N#CC1(C(=O)c2ccc3c(c2)CCC3)CC1. The van der Waals surface area contributed by atoms with E-state index in [2.05, 4.69) is 12.1 Å². The van der Waals surface area contributed by atoms with Crippen LogP contribution in [0.25, 0.3) is 0 Å². The van der Waals surface area contributed by atoms with Crippen LogP contribution < -0.4 is 0 Å². The second kappa shape index (κ2) is 3.18. The number of rotatable bonds is 2. The van der Waals surface area contributed by atoms with Gasteiger partial charge in [-0.25, -0.2) is 0 Å². The van der Waals surface area contributed by atoms with Crippen LogP contribution in [0.15, 0.2) is 18.2 Å². The zero-order chi connectivity index (χ0) is 11.2. The molecule has 1 saturated carbocycles. The molecule has 3 rings (SSSR count). The molecule has 0 aliphatic heterocycles. The molecule has 0 atom stereocenters. The number of fused-ring (bicyclic) bond motifs is 1. The van der Waals surface area contributed by atoms with Gasteiger partial charge in [0.1, 0.15) is 5.41 Å². The first kappa shape index (κ1) is 9.59. The molecule has 80 valence electrons. The van der Waals surface area contributed by atoms with E-state index < -0.39 is 5.41 Å². The van der Waals surface area contributed by atoms with Gasteiger partial charge in [-0.2, -0.15) is 5.26 Å². The average Bonchev–Trinajstić information content (AvgIpc) is 2.98. The second-order valence-corrected chi connectivity index (χ2v) is 4.86. The van der Waals surface area contributed by atoms with Crippen molar-refractivity contribution in [3.63, 3.8) is 0 Å². The van der Waals surface area contributed by atoms with Gasteiger partial charge in [-0.3, -0.25) is 4.79 Å². The zero-order valence-corrected chi connectivity index (χ0v) is 9.12. The minimum atomic E-state index is -0.674. The van der Waals surface area contributed by atoms with E-state index in [-0.39, 0.29) is 5.78 Å². The molecule has 0 saturated heterocycles. The standard InChI is InChI=1S/C14H13NO/c15-9-14(6-7-14)13(16)12-5-4-10-2-1-3-11(10)8-12/h4-5,8H,1-3,6-7H2. The van der Waals surface area contributed by atoms with Crippen molar-refractivity contribution in [2.45, 2.75) is 32.1 Å². The number of aryl methyl sites for hydroxylation is 2. The van der Waals surface area contributed by atoms with E-state index in [0.29, 0.717) is 0 Å². The van der Waals surface area contributed by atoms with E-state index in [4.69, 9.17) is 5.26 Å². The quantitative estimate of drug-likeness (QED) is 0.705. The predicted molar refractivity (Wildman–Crippen MR) is 60.1 cm³/mol. The number of hydrogen-bond donors (Lipinski definition) is 0. The largest absolute Gasteiger partial charge is 0.292 e. The number of benzene rings is 1. The summed E-state index contributed by atoms with van der Waals surface area (Å²) in [6.07, 6.45) is 4.87. The van der Waals surface area contributed by atoms with Gasteiger partial charge >= 0.3 is 0 Å². The molecule has 2 aliphatic rings. The van der Waals surface area contributed by atoms with Crippen LogP contribution >= 0.6 is 0 Å². The van der Waals surface area contributed by atoms with Crippen LogP contribution in [0.2, 0.25) is 0 Å². The number of carbonyl (C=O) groups excluding carboxylic acids is 1. The molecular weight excluding hydrogens is 198 g/mol. The molecule has 0 amide bonds. The van der Waals surface area contributed by atoms with E-state index in [0.717, 1.165) is 31.2 Å². The topological polar surface area (TPSA) is 40.9 Å². The van der Waals surface area contributed by atoms with Gasteiger partial charge in [0, 0.05) is 5.56 Å². The van der Waals surface area contributed by atoms with Crippen molar-refractivity contribution in [1.82, 2.24) is 0 Å². The van der Waals surface area contributed by atoms with E-state index >= 15 is 0 Å². The van der Waals surface area contributed by atoms with Crippen LogP contribution in [0.1, 0.15) is 40.7 Å². The molecule has 16 heavy (non-hydrogen) atoms. The number of Topliss-reactive ketones (excluding diaryl/α,β-unsaturated/α-hetero) is 1. The predicted octanol–water partition coefficient (Wildman–Crippen LogP) is 2.66. The smallest absolute Gasteiger partial charge is 0.183 e. The van der Waals surface area contributed by atoms with Crippen molar-refractivity contribution < 1.29 is 4.79 Å². The highest BCUT2D eigenvalue weighted by Gasteiger charge is 2.50. The molecule has 0 N–H and O–H groups in total. The molecule has 0 heterocycles. The van der Waals surface area contributed by atoms with Crippen LogP contribution in [0.4, 0.5) is 0 Å².